The van der Waals surface area contributed by atoms with Gasteiger partial charge in [0.2, 0.25) is 0 Å². The van der Waals surface area contributed by atoms with Crippen molar-refractivity contribution in [3.05, 3.63) is 28.9 Å². The van der Waals surface area contributed by atoms with Gasteiger partial charge in [0.25, 0.3) is 0 Å². The molecule has 0 spiro atoms. The second-order valence-electron chi connectivity index (χ2n) is 3.67. The lowest BCUT2D eigenvalue weighted by molar-refractivity contribution is 0.590. The third-order valence-electron chi connectivity index (χ3n) is 2.42. The van der Waals surface area contributed by atoms with Crippen molar-refractivity contribution in [3.8, 4) is 0 Å². The van der Waals surface area contributed by atoms with E-state index in [4.69, 9.17) is 0 Å². The SMILES string of the molecule is Cc1[nH]ncc1CNC1C=CS(=O)(=O)C1. The van der Waals surface area contributed by atoms with Crippen molar-refractivity contribution >= 4 is 9.84 Å². The Morgan fingerprint density at radius 3 is 3.00 bits per heavy atom. The summed E-state index contributed by atoms with van der Waals surface area (Å²) in [6, 6.07) is -0.0794. The van der Waals surface area contributed by atoms with Crippen LogP contribution in [-0.2, 0) is 16.4 Å². The Balaban J connectivity index is 1.91. The molecule has 5 nitrogen and oxygen atoms in total. The van der Waals surface area contributed by atoms with Crippen LogP contribution >= 0.6 is 0 Å². The minimum Gasteiger partial charge on any atom is -0.305 e. The topological polar surface area (TPSA) is 74.8 Å². The van der Waals surface area contributed by atoms with Gasteiger partial charge in [-0.25, -0.2) is 8.42 Å². The van der Waals surface area contributed by atoms with Gasteiger partial charge in [0.1, 0.15) is 0 Å². The number of hydrogen-bond donors (Lipinski definition) is 2. The minimum atomic E-state index is -2.96. The highest BCUT2D eigenvalue weighted by atomic mass is 32.2. The smallest absolute Gasteiger partial charge is 0.173 e. The van der Waals surface area contributed by atoms with Crippen LogP contribution < -0.4 is 5.32 Å². The lowest BCUT2D eigenvalue weighted by Crippen LogP contribution is -2.29. The van der Waals surface area contributed by atoms with Gasteiger partial charge in [-0.1, -0.05) is 6.08 Å². The molecular formula is C9H13N3O2S. The molecule has 6 heteroatoms. The van der Waals surface area contributed by atoms with Gasteiger partial charge < -0.3 is 5.32 Å². The Kier molecular flexibility index (Phi) is 2.62. The molecule has 1 unspecified atom stereocenters. The van der Waals surface area contributed by atoms with Crippen molar-refractivity contribution in [3.63, 3.8) is 0 Å². The van der Waals surface area contributed by atoms with Crippen LogP contribution in [0.4, 0.5) is 0 Å². The number of aryl methyl sites for hydroxylation is 1. The fourth-order valence-electron chi connectivity index (χ4n) is 1.50. The van der Waals surface area contributed by atoms with Gasteiger partial charge in [-0.3, -0.25) is 5.10 Å². The molecule has 1 atom stereocenters. The monoisotopic (exact) mass is 227 g/mol. The maximum atomic E-state index is 11.1. The Bertz CT molecular complexity index is 475. The van der Waals surface area contributed by atoms with Crippen LogP contribution in [0.15, 0.2) is 17.7 Å². The maximum absolute atomic E-state index is 11.1. The van der Waals surface area contributed by atoms with E-state index in [0.717, 1.165) is 11.3 Å². The number of aromatic amines is 1. The van der Waals surface area contributed by atoms with Gasteiger partial charge in [-0.2, -0.15) is 5.10 Å². The average Bonchev–Trinajstić information content (AvgIpc) is 2.69. The first kappa shape index (κ1) is 10.4. The number of sulfone groups is 1. The highest BCUT2D eigenvalue weighted by molar-refractivity contribution is 7.94. The molecule has 1 aromatic heterocycles. The summed E-state index contributed by atoms with van der Waals surface area (Å²) in [6.45, 7) is 2.57. The van der Waals surface area contributed by atoms with Gasteiger partial charge in [0.05, 0.1) is 11.9 Å². The van der Waals surface area contributed by atoms with Crippen LogP contribution in [0.3, 0.4) is 0 Å². The van der Waals surface area contributed by atoms with E-state index in [1.165, 1.54) is 5.41 Å². The summed E-state index contributed by atoms with van der Waals surface area (Å²) in [6.07, 6.45) is 3.43. The van der Waals surface area contributed by atoms with Crippen LogP contribution in [0.5, 0.6) is 0 Å². The highest BCUT2D eigenvalue weighted by Crippen LogP contribution is 2.09. The van der Waals surface area contributed by atoms with Gasteiger partial charge in [-0.05, 0) is 6.92 Å². The molecule has 2 N–H and O–H groups in total. The van der Waals surface area contributed by atoms with Crippen molar-refractivity contribution in [1.82, 2.24) is 15.5 Å². The lowest BCUT2D eigenvalue weighted by atomic mass is 10.2. The standard InChI is InChI=1S/C9H13N3O2S/c1-7-8(5-11-12-7)4-10-9-2-3-15(13,14)6-9/h2-3,5,9-10H,4,6H2,1H3,(H,11,12). The molecule has 0 saturated heterocycles. The third kappa shape index (κ3) is 2.45. The Morgan fingerprint density at radius 1 is 1.67 bits per heavy atom. The van der Waals surface area contributed by atoms with E-state index in [9.17, 15) is 8.42 Å². The fraction of sp³-hybridized carbons (Fsp3) is 0.444. The number of rotatable bonds is 3. The second kappa shape index (κ2) is 3.79. The molecule has 82 valence electrons. The minimum absolute atomic E-state index is 0.0794. The van der Waals surface area contributed by atoms with Crippen LogP contribution in [0.2, 0.25) is 0 Å². The summed E-state index contributed by atoms with van der Waals surface area (Å²) in [5.74, 6) is 0.157. The van der Waals surface area contributed by atoms with Gasteiger partial charge >= 0.3 is 0 Å². The number of H-pyrrole nitrogens is 1. The van der Waals surface area contributed by atoms with Crippen LogP contribution in [-0.4, -0.2) is 30.4 Å². The third-order valence-corrected chi connectivity index (χ3v) is 3.81. The van der Waals surface area contributed by atoms with Gasteiger partial charge in [0.15, 0.2) is 9.84 Å². The quantitative estimate of drug-likeness (QED) is 0.769. The second-order valence-corrected chi connectivity index (χ2v) is 5.60. The lowest BCUT2D eigenvalue weighted by Gasteiger charge is -2.08. The van der Waals surface area contributed by atoms with Crippen molar-refractivity contribution in [2.75, 3.05) is 5.75 Å². The zero-order chi connectivity index (χ0) is 10.9. The van der Waals surface area contributed by atoms with Crippen molar-refractivity contribution in [2.45, 2.75) is 19.5 Å². The summed E-state index contributed by atoms with van der Waals surface area (Å²) in [4.78, 5) is 0. The summed E-state index contributed by atoms with van der Waals surface area (Å²) in [5, 5.41) is 11.2. The van der Waals surface area contributed by atoms with Crippen molar-refractivity contribution in [1.29, 1.82) is 0 Å². The predicted octanol–water partition coefficient (Wildman–Crippen LogP) is 0.118. The van der Waals surface area contributed by atoms with Gasteiger partial charge in [0, 0.05) is 29.3 Å². The molecule has 2 heterocycles. The number of hydrogen-bond acceptors (Lipinski definition) is 4. The average molecular weight is 227 g/mol. The fourth-order valence-corrected chi connectivity index (χ4v) is 2.77. The molecule has 1 aromatic rings. The van der Waals surface area contributed by atoms with E-state index in [0.29, 0.717) is 6.54 Å². The molecule has 0 amide bonds. The summed E-state index contributed by atoms with van der Waals surface area (Å²) in [7, 11) is -2.96. The van der Waals surface area contributed by atoms with Crippen LogP contribution in [0, 0.1) is 6.92 Å². The molecule has 0 aromatic carbocycles. The first-order valence-electron chi connectivity index (χ1n) is 4.70. The Morgan fingerprint density at radius 2 is 2.47 bits per heavy atom. The van der Waals surface area contributed by atoms with E-state index in [2.05, 4.69) is 15.5 Å². The van der Waals surface area contributed by atoms with Crippen molar-refractivity contribution in [2.24, 2.45) is 0 Å². The molecule has 0 radical (unpaired) electrons. The molecule has 0 fully saturated rings. The van der Waals surface area contributed by atoms with E-state index < -0.39 is 9.84 Å². The Hall–Kier alpha value is -1.14. The highest BCUT2D eigenvalue weighted by Gasteiger charge is 2.20. The predicted molar refractivity (Wildman–Crippen MR) is 56.9 cm³/mol. The molecule has 1 aliphatic rings. The molecular weight excluding hydrogens is 214 g/mol. The number of aromatic nitrogens is 2. The normalized spacial score (nSPS) is 23.4. The number of nitrogens with one attached hydrogen (secondary N) is 2. The summed E-state index contributed by atoms with van der Waals surface area (Å²) < 4.78 is 22.2. The number of nitrogens with zero attached hydrogens (tertiary/aromatic N) is 1. The first-order chi connectivity index (χ1) is 7.07. The molecule has 1 aliphatic heterocycles. The van der Waals surface area contributed by atoms with Crippen LogP contribution in [0.1, 0.15) is 11.3 Å². The molecule has 15 heavy (non-hydrogen) atoms. The maximum Gasteiger partial charge on any atom is 0.173 e. The summed E-state index contributed by atoms with van der Waals surface area (Å²) in [5.41, 5.74) is 2.07. The van der Waals surface area contributed by atoms with E-state index in [1.54, 1.807) is 12.3 Å². The molecule has 0 aliphatic carbocycles. The first-order valence-corrected chi connectivity index (χ1v) is 6.41. The molecule has 2 rings (SSSR count). The van der Waals surface area contributed by atoms with Crippen LogP contribution in [0.25, 0.3) is 0 Å². The van der Waals surface area contributed by atoms with E-state index >= 15 is 0 Å². The van der Waals surface area contributed by atoms with Crippen molar-refractivity contribution < 1.29 is 8.42 Å². The van der Waals surface area contributed by atoms with E-state index in [-0.39, 0.29) is 11.8 Å². The zero-order valence-electron chi connectivity index (χ0n) is 8.40. The Labute approximate surface area is 88.5 Å². The molecule has 0 saturated carbocycles. The van der Waals surface area contributed by atoms with Gasteiger partial charge in [-0.15, -0.1) is 0 Å². The largest absolute Gasteiger partial charge is 0.305 e. The summed E-state index contributed by atoms with van der Waals surface area (Å²) >= 11 is 0. The van der Waals surface area contributed by atoms with E-state index in [1.807, 2.05) is 6.92 Å². The molecule has 0 bridgehead atoms. The zero-order valence-corrected chi connectivity index (χ0v) is 9.21.